The van der Waals surface area contributed by atoms with E-state index in [2.05, 4.69) is 38.8 Å². The topological polar surface area (TPSA) is 51.0 Å². The van der Waals surface area contributed by atoms with Crippen LogP contribution in [0.4, 0.5) is 0 Å². The van der Waals surface area contributed by atoms with E-state index in [9.17, 15) is 4.79 Å². The van der Waals surface area contributed by atoms with Gasteiger partial charge < -0.3 is 9.47 Å². The Kier molecular flexibility index (Phi) is 4.78. The molecule has 0 bridgehead atoms. The molecule has 1 amide bonds. The van der Waals surface area contributed by atoms with Gasteiger partial charge in [-0.15, -0.1) is 0 Å². The fourth-order valence-corrected chi connectivity index (χ4v) is 3.64. The number of hydrogen-bond acceptors (Lipinski definition) is 3. The van der Waals surface area contributed by atoms with Gasteiger partial charge in [0.25, 0.3) is 5.91 Å². The minimum atomic E-state index is 0.0817. The molecule has 1 aliphatic heterocycles. The summed E-state index contributed by atoms with van der Waals surface area (Å²) in [5, 5.41) is 0. The average Bonchev–Trinajstić information content (AvgIpc) is 3.17. The molecule has 2 aromatic heterocycles. The first kappa shape index (κ1) is 16.5. The van der Waals surface area contributed by atoms with Crippen molar-refractivity contribution in [2.24, 2.45) is 0 Å². The fourth-order valence-electron chi connectivity index (χ4n) is 3.64. The number of likely N-dealkylation sites (tertiary alicyclic amines) is 1. The van der Waals surface area contributed by atoms with Gasteiger partial charge in [0, 0.05) is 55.9 Å². The Morgan fingerprint density at radius 2 is 1.88 bits per heavy atom. The first-order valence-electron chi connectivity index (χ1n) is 9.05. The Balaban J connectivity index is 1.50. The Hall–Kier alpha value is -2.95. The number of pyridine rings is 1. The number of piperidine rings is 1. The molecule has 1 aliphatic rings. The zero-order valence-electron chi connectivity index (χ0n) is 14.7. The van der Waals surface area contributed by atoms with E-state index in [1.807, 2.05) is 23.4 Å². The van der Waals surface area contributed by atoms with Crippen molar-refractivity contribution in [1.29, 1.82) is 0 Å². The van der Waals surface area contributed by atoms with Crippen molar-refractivity contribution in [3.63, 3.8) is 0 Å². The number of nitrogens with zero attached hydrogens (tertiary/aromatic N) is 4. The molecule has 0 N–H and O–H groups in total. The summed E-state index contributed by atoms with van der Waals surface area (Å²) in [5.74, 6) is 1.42. The van der Waals surface area contributed by atoms with Crippen molar-refractivity contribution in [2.45, 2.75) is 25.3 Å². The predicted octanol–water partition coefficient (Wildman–Crippen LogP) is 3.35. The number of benzene rings is 1. The molecule has 0 unspecified atom stereocenters. The second-order valence-electron chi connectivity index (χ2n) is 6.73. The van der Waals surface area contributed by atoms with Gasteiger partial charge in [-0.25, -0.2) is 4.98 Å². The molecule has 5 nitrogen and oxygen atoms in total. The molecule has 1 aromatic carbocycles. The third-order valence-corrected chi connectivity index (χ3v) is 4.94. The van der Waals surface area contributed by atoms with E-state index in [0.29, 0.717) is 12.1 Å². The Labute approximate surface area is 153 Å². The minimum absolute atomic E-state index is 0.0817. The molecule has 26 heavy (non-hydrogen) atoms. The molecule has 3 aromatic rings. The number of rotatable bonds is 4. The molecule has 0 aliphatic carbocycles. The number of carbonyl (C=O) groups excluding carboxylic acids is 1. The predicted molar refractivity (Wildman–Crippen MR) is 99.9 cm³/mol. The molecule has 0 spiro atoms. The van der Waals surface area contributed by atoms with Crippen LogP contribution in [0.25, 0.3) is 0 Å². The largest absolute Gasteiger partial charge is 0.338 e. The maximum atomic E-state index is 12.8. The second-order valence-corrected chi connectivity index (χ2v) is 6.73. The maximum absolute atomic E-state index is 12.8. The summed E-state index contributed by atoms with van der Waals surface area (Å²) >= 11 is 0. The summed E-state index contributed by atoms with van der Waals surface area (Å²) in [6.45, 7) is 2.33. The van der Waals surface area contributed by atoms with Gasteiger partial charge in [-0.05, 0) is 30.5 Å². The van der Waals surface area contributed by atoms with E-state index < -0.39 is 0 Å². The van der Waals surface area contributed by atoms with Crippen LogP contribution in [0, 0.1) is 0 Å². The smallest absolute Gasteiger partial charge is 0.253 e. The number of amides is 1. The second kappa shape index (κ2) is 7.52. The van der Waals surface area contributed by atoms with Crippen molar-refractivity contribution in [3.8, 4) is 0 Å². The lowest BCUT2D eigenvalue weighted by Crippen LogP contribution is -2.39. The summed E-state index contributed by atoms with van der Waals surface area (Å²) < 4.78 is 2.21. The van der Waals surface area contributed by atoms with Gasteiger partial charge in [0.1, 0.15) is 5.82 Å². The number of hydrogen-bond donors (Lipinski definition) is 0. The van der Waals surface area contributed by atoms with E-state index in [-0.39, 0.29) is 11.8 Å². The third kappa shape index (κ3) is 3.52. The molecule has 0 saturated carbocycles. The molecule has 1 saturated heterocycles. The van der Waals surface area contributed by atoms with Crippen molar-refractivity contribution in [1.82, 2.24) is 19.4 Å². The van der Waals surface area contributed by atoms with Gasteiger partial charge >= 0.3 is 0 Å². The summed E-state index contributed by atoms with van der Waals surface area (Å²) in [5.41, 5.74) is 1.96. The highest BCUT2D eigenvalue weighted by Gasteiger charge is 2.28. The van der Waals surface area contributed by atoms with Crippen molar-refractivity contribution in [3.05, 3.63) is 84.2 Å². The summed E-state index contributed by atoms with van der Waals surface area (Å²) in [6.07, 6.45) is 9.29. The first-order valence-corrected chi connectivity index (χ1v) is 9.05. The van der Waals surface area contributed by atoms with Crippen molar-refractivity contribution in [2.75, 3.05) is 13.1 Å². The van der Waals surface area contributed by atoms with Crippen LogP contribution < -0.4 is 0 Å². The Bertz CT molecular complexity index is 860. The van der Waals surface area contributed by atoms with Crippen LogP contribution >= 0.6 is 0 Å². The van der Waals surface area contributed by atoms with E-state index in [4.69, 9.17) is 0 Å². The summed E-state index contributed by atoms with van der Waals surface area (Å²) in [6, 6.07) is 14.0. The van der Waals surface area contributed by atoms with Crippen LogP contribution in [0.15, 0.2) is 67.3 Å². The van der Waals surface area contributed by atoms with Gasteiger partial charge in [0.2, 0.25) is 0 Å². The Morgan fingerprint density at radius 3 is 2.69 bits per heavy atom. The average molecular weight is 346 g/mol. The van der Waals surface area contributed by atoms with Gasteiger partial charge in [0.15, 0.2) is 0 Å². The van der Waals surface area contributed by atoms with E-state index in [0.717, 1.165) is 31.8 Å². The monoisotopic (exact) mass is 346 g/mol. The van der Waals surface area contributed by atoms with Crippen molar-refractivity contribution >= 4 is 5.91 Å². The van der Waals surface area contributed by atoms with Crippen LogP contribution in [0.1, 0.15) is 40.5 Å². The quantitative estimate of drug-likeness (QED) is 0.728. The lowest BCUT2D eigenvalue weighted by Gasteiger charge is -2.32. The summed E-state index contributed by atoms with van der Waals surface area (Å²) in [7, 11) is 0. The molecule has 3 heterocycles. The normalized spacial score (nSPS) is 17.2. The molecular formula is C21H22N4O. The van der Waals surface area contributed by atoms with Gasteiger partial charge in [0.05, 0.1) is 0 Å². The lowest BCUT2D eigenvalue weighted by atomic mass is 9.96. The molecule has 1 fully saturated rings. The Morgan fingerprint density at radius 1 is 1.08 bits per heavy atom. The van der Waals surface area contributed by atoms with Gasteiger partial charge in [-0.2, -0.15) is 0 Å². The van der Waals surface area contributed by atoms with Crippen LogP contribution in [0.5, 0.6) is 0 Å². The molecule has 0 radical (unpaired) electrons. The highest BCUT2D eigenvalue weighted by molar-refractivity contribution is 5.94. The molecule has 4 rings (SSSR count). The summed E-state index contributed by atoms with van der Waals surface area (Å²) in [4.78, 5) is 23.3. The highest BCUT2D eigenvalue weighted by atomic mass is 16.2. The highest BCUT2D eigenvalue weighted by Crippen LogP contribution is 2.27. The fraction of sp³-hybridized carbons (Fsp3) is 0.286. The lowest BCUT2D eigenvalue weighted by molar-refractivity contribution is 0.0703. The molecule has 132 valence electrons. The number of imidazole rings is 1. The molecule has 1 atom stereocenters. The molecule has 5 heteroatoms. The van der Waals surface area contributed by atoms with E-state index in [1.54, 1.807) is 24.5 Å². The van der Waals surface area contributed by atoms with Gasteiger partial charge in [-0.1, -0.05) is 30.3 Å². The van der Waals surface area contributed by atoms with Crippen LogP contribution in [0.2, 0.25) is 0 Å². The van der Waals surface area contributed by atoms with Crippen LogP contribution in [-0.2, 0) is 6.54 Å². The first-order chi connectivity index (χ1) is 12.8. The zero-order valence-corrected chi connectivity index (χ0v) is 14.7. The number of carbonyl (C=O) groups is 1. The van der Waals surface area contributed by atoms with E-state index in [1.165, 1.54) is 5.56 Å². The van der Waals surface area contributed by atoms with Gasteiger partial charge in [-0.3, -0.25) is 9.78 Å². The minimum Gasteiger partial charge on any atom is -0.338 e. The maximum Gasteiger partial charge on any atom is 0.253 e. The number of aromatic nitrogens is 3. The van der Waals surface area contributed by atoms with Crippen molar-refractivity contribution < 1.29 is 4.79 Å². The SMILES string of the molecule is O=C(c1ccncc1)N1CCC[C@@H](c2nccn2Cc2ccccc2)C1. The molecular weight excluding hydrogens is 324 g/mol. The third-order valence-electron chi connectivity index (χ3n) is 4.94. The zero-order chi connectivity index (χ0) is 17.8. The van der Waals surface area contributed by atoms with E-state index >= 15 is 0 Å². The van der Waals surface area contributed by atoms with Crippen LogP contribution in [-0.4, -0.2) is 38.4 Å². The standard InChI is InChI=1S/C21H22N4O/c26-21(18-8-10-22-11-9-18)25-13-4-7-19(16-25)20-23-12-14-24(20)15-17-5-2-1-3-6-17/h1-3,5-6,8-12,14,19H,4,7,13,15-16H2/t19-/m1/s1. The van der Waals surface area contributed by atoms with Crippen LogP contribution in [0.3, 0.4) is 0 Å².